The summed E-state index contributed by atoms with van der Waals surface area (Å²) in [6.07, 6.45) is 5.50. The number of aromatic nitrogens is 2. The van der Waals surface area contributed by atoms with Crippen molar-refractivity contribution in [3.05, 3.63) is 58.4 Å². The number of nitrogens with one attached hydrogen (secondary N) is 1. The first kappa shape index (κ1) is 21.2. The average Bonchev–Trinajstić information content (AvgIpc) is 2.79. The highest BCUT2D eigenvalue weighted by Crippen LogP contribution is 2.22. The molecule has 2 aliphatic heterocycles. The summed E-state index contributed by atoms with van der Waals surface area (Å²) in [7, 11) is 0. The summed E-state index contributed by atoms with van der Waals surface area (Å²) in [6.45, 7) is 4.40. The van der Waals surface area contributed by atoms with Gasteiger partial charge in [0.1, 0.15) is 17.7 Å². The molecule has 1 aromatic carbocycles. The van der Waals surface area contributed by atoms with Gasteiger partial charge in [0.25, 0.3) is 0 Å². The van der Waals surface area contributed by atoms with Crippen molar-refractivity contribution in [2.75, 3.05) is 19.8 Å². The van der Waals surface area contributed by atoms with Crippen molar-refractivity contribution in [2.24, 2.45) is 5.92 Å². The molecule has 162 valence electrons. The van der Waals surface area contributed by atoms with Gasteiger partial charge in [0.05, 0.1) is 23.8 Å². The SMILES string of the molecule is C[C@@H](NC(=O)N1CCc2cnc(CC3CCOCC3)nc2C1)c1ccc(C#N)c(F)c1. The molecule has 0 bridgehead atoms. The first-order valence-electron chi connectivity index (χ1n) is 10.7. The van der Waals surface area contributed by atoms with Crippen molar-refractivity contribution in [1.82, 2.24) is 20.2 Å². The molecule has 1 aromatic heterocycles. The Morgan fingerprint density at radius 1 is 1.42 bits per heavy atom. The maximum absolute atomic E-state index is 13.9. The van der Waals surface area contributed by atoms with Gasteiger partial charge in [0.2, 0.25) is 0 Å². The highest BCUT2D eigenvalue weighted by molar-refractivity contribution is 5.75. The monoisotopic (exact) mass is 423 g/mol. The second-order valence-corrected chi connectivity index (χ2v) is 8.21. The number of nitrogens with zero attached hydrogens (tertiary/aromatic N) is 4. The normalized spacial score (nSPS) is 17.5. The van der Waals surface area contributed by atoms with Gasteiger partial charge in [-0.25, -0.2) is 19.2 Å². The minimum Gasteiger partial charge on any atom is -0.381 e. The molecule has 1 fully saturated rings. The Hall–Kier alpha value is -3.05. The number of fused-ring (bicyclic) bond motifs is 1. The minimum absolute atomic E-state index is 0.00819. The lowest BCUT2D eigenvalue weighted by Crippen LogP contribution is -2.44. The van der Waals surface area contributed by atoms with Crippen LogP contribution in [0, 0.1) is 23.1 Å². The number of nitriles is 1. The number of ether oxygens (including phenoxy) is 1. The van der Waals surface area contributed by atoms with Gasteiger partial charge >= 0.3 is 6.03 Å². The zero-order chi connectivity index (χ0) is 21.8. The summed E-state index contributed by atoms with van der Waals surface area (Å²) < 4.78 is 19.3. The van der Waals surface area contributed by atoms with E-state index in [9.17, 15) is 9.18 Å². The summed E-state index contributed by atoms with van der Waals surface area (Å²) in [4.78, 5) is 23.8. The molecule has 2 amide bonds. The van der Waals surface area contributed by atoms with E-state index in [0.717, 1.165) is 49.6 Å². The number of hydrogen-bond donors (Lipinski definition) is 1. The molecule has 0 radical (unpaired) electrons. The molecule has 8 heteroatoms. The van der Waals surface area contributed by atoms with Gasteiger partial charge in [-0.15, -0.1) is 0 Å². The van der Waals surface area contributed by atoms with E-state index in [1.165, 1.54) is 12.1 Å². The number of amides is 2. The van der Waals surface area contributed by atoms with Crippen molar-refractivity contribution in [1.29, 1.82) is 5.26 Å². The van der Waals surface area contributed by atoms with Crippen LogP contribution in [0.1, 0.15) is 54.0 Å². The topological polar surface area (TPSA) is 91.1 Å². The zero-order valence-corrected chi connectivity index (χ0v) is 17.6. The third kappa shape index (κ3) is 5.00. The largest absolute Gasteiger partial charge is 0.381 e. The van der Waals surface area contributed by atoms with Crippen LogP contribution in [-0.4, -0.2) is 40.7 Å². The lowest BCUT2D eigenvalue weighted by molar-refractivity contribution is 0.0659. The lowest BCUT2D eigenvalue weighted by Gasteiger charge is -2.30. The van der Waals surface area contributed by atoms with Crippen molar-refractivity contribution in [3.63, 3.8) is 0 Å². The molecule has 7 nitrogen and oxygen atoms in total. The minimum atomic E-state index is -0.582. The number of carbonyl (C=O) groups excluding carboxylic acids is 1. The molecule has 2 aromatic rings. The Bertz CT molecular complexity index is 1000. The van der Waals surface area contributed by atoms with E-state index in [2.05, 4.69) is 10.3 Å². The fourth-order valence-corrected chi connectivity index (χ4v) is 4.08. The molecule has 1 saturated heterocycles. The van der Waals surface area contributed by atoms with Crippen LogP contribution in [0.3, 0.4) is 0 Å². The molecule has 4 rings (SSSR count). The van der Waals surface area contributed by atoms with Crippen LogP contribution in [0.4, 0.5) is 9.18 Å². The highest BCUT2D eigenvalue weighted by atomic mass is 19.1. The summed E-state index contributed by atoms with van der Waals surface area (Å²) in [6, 6.07) is 5.59. The second-order valence-electron chi connectivity index (χ2n) is 8.21. The molecule has 1 N–H and O–H groups in total. The van der Waals surface area contributed by atoms with Crippen LogP contribution in [0.2, 0.25) is 0 Å². The zero-order valence-electron chi connectivity index (χ0n) is 17.6. The van der Waals surface area contributed by atoms with Crippen LogP contribution < -0.4 is 5.32 Å². The Morgan fingerprint density at radius 2 is 2.23 bits per heavy atom. The van der Waals surface area contributed by atoms with Gasteiger partial charge in [-0.3, -0.25) is 0 Å². The van der Waals surface area contributed by atoms with E-state index in [4.69, 9.17) is 15.0 Å². The molecule has 2 aliphatic rings. The Labute approximate surface area is 181 Å². The van der Waals surface area contributed by atoms with Gasteiger partial charge < -0.3 is 15.0 Å². The highest BCUT2D eigenvalue weighted by Gasteiger charge is 2.24. The van der Waals surface area contributed by atoms with E-state index >= 15 is 0 Å². The number of urea groups is 1. The quantitative estimate of drug-likeness (QED) is 0.815. The van der Waals surface area contributed by atoms with Crippen LogP contribution in [0.15, 0.2) is 24.4 Å². The van der Waals surface area contributed by atoms with Crippen LogP contribution in [0.25, 0.3) is 0 Å². The first-order valence-corrected chi connectivity index (χ1v) is 10.7. The summed E-state index contributed by atoms with van der Waals surface area (Å²) >= 11 is 0. The lowest BCUT2D eigenvalue weighted by atomic mass is 9.96. The summed E-state index contributed by atoms with van der Waals surface area (Å²) in [5.74, 6) is 0.791. The standard InChI is InChI=1S/C23H26FN5O2/c1-15(17-2-3-18(12-25)20(24)11-17)27-23(30)29-7-4-19-13-26-22(28-21(19)14-29)10-16-5-8-31-9-6-16/h2-3,11,13,15-16H,4-10,14H2,1H3,(H,27,30)/t15-/m1/s1. The summed E-state index contributed by atoms with van der Waals surface area (Å²) in [5.41, 5.74) is 2.59. The molecule has 0 unspecified atom stereocenters. The molecule has 3 heterocycles. The number of carbonyl (C=O) groups is 1. The summed E-state index contributed by atoms with van der Waals surface area (Å²) in [5, 5.41) is 11.8. The predicted molar refractivity (Wildman–Crippen MR) is 111 cm³/mol. The van der Waals surface area contributed by atoms with Crippen molar-refractivity contribution >= 4 is 6.03 Å². The van der Waals surface area contributed by atoms with Crippen molar-refractivity contribution < 1.29 is 13.9 Å². The smallest absolute Gasteiger partial charge is 0.318 e. The number of halogens is 1. The fraction of sp³-hybridized carbons (Fsp3) is 0.478. The third-order valence-corrected chi connectivity index (χ3v) is 6.05. The van der Waals surface area contributed by atoms with Gasteiger partial charge in [-0.05, 0) is 55.4 Å². The van der Waals surface area contributed by atoms with Gasteiger partial charge in [0, 0.05) is 32.4 Å². The second kappa shape index (κ2) is 9.40. The maximum Gasteiger partial charge on any atom is 0.318 e. The fourth-order valence-electron chi connectivity index (χ4n) is 4.08. The van der Waals surface area contributed by atoms with E-state index in [-0.39, 0.29) is 17.6 Å². The number of hydrogen-bond acceptors (Lipinski definition) is 5. The van der Waals surface area contributed by atoms with Crippen molar-refractivity contribution in [2.45, 2.75) is 45.2 Å². The molecule has 1 atom stereocenters. The average molecular weight is 423 g/mol. The predicted octanol–water partition coefficient (Wildman–Crippen LogP) is 3.29. The van der Waals surface area contributed by atoms with Crippen molar-refractivity contribution in [3.8, 4) is 6.07 Å². The maximum atomic E-state index is 13.9. The molecular weight excluding hydrogens is 397 g/mol. The molecule has 0 aliphatic carbocycles. The molecule has 0 saturated carbocycles. The first-order chi connectivity index (χ1) is 15.0. The van der Waals surface area contributed by atoms with Crippen LogP contribution in [-0.2, 0) is 24.1 Å². The van der Waals surface area contributed by atoms with E-state index in [1.54, 1.807) is 24.0 Å². The van der Waals surface area contributed by atoms with Gasteiger partial charge in [-0.1, -0.05) is 6.07 Å². The number of benzene rings is 1. The van der Waals surface area contributed by atoms with Crippen LogP contribution in [0.5, 0.6) is 0 Å². The molecule has 0 spiro atoms. The third-order valence-electron chi connectivity index (χ3n) is 6.05. The Kier molecular flexibility index (Phi) is 6.42. The molecule has 31 heavy (non-hydrogen) atoms. The molecular formula is C23H26FN5O2. The van der Waals surface area contributed by atoms with Gasteiger partial charge in [0.15, 0.2) is 0 Å². The van der Waals surface area contributed by atoms with Gasteiger partial charge in [-0.2, -0.15) is 5.26 Å². The van der Waals surface area contributed by atoms with E-state index < -0.39 is 5.82 Å². The number of rotatable bonds is 4. The Morgan fingerprint density at radius 3 is 2.97 bits per heavy atom. The van der Waals surface area contributed by atoms with Crippen LogP contribution >= 0.6 is 0 Å². The van der Waals surface area contributed by atoms with E-state index in [1.807, 2.05) is 6.20 Å². The van der Waals surface area contributed by atoms with E-state index in [0.29, 0.717) is 31.0 Å². The Balaban J connectivity index is 1.39.